The Labute approximate surface area is 95.2 Å². The van der Waals surface area contributed by atoms with Crippen molar-refractivity contribution in [2.45, 2.75) is 0 Å². The summed E-state index contributed by atoms with van der Waals surface area (Å²) in [4.78, 5) is 26.3. The summed E-state index contributed by atoms with van der Waals surface area (Å²) in [6, 6.07) is 8.27. The summed E-state index contributed by atoms with van der Waals surface area (Å²) < 4.78 is 0. The molecule has 0 aromatic carbocycles. The molecule has 5 heteroatoms. The highest BCUT2D eigenvalue weighted by atomic mass is 32.1. The van der Waals surface area contributed by atoms with Gasteiger partial charge < -0.3 is 5.11 Å². The standard InChI is InChI=1S/C11H7NO3S/c13-6-7-2-1-3-8(12-7)9-4-5-10(16-9)11(14)15/h1-6H,(H,14,15). The van der Waals surface area contributed by atoms with E-state index in [1.165, 1.54) is 6.07 Å². The third-order valence-corrected chi connectivity index (χ3v) is 3.06. The Morgan fingerprint density at radius 3 is 2.75 bits per heavy atom. The number of aromatic nitrogens is 1. The minimum absolute atomic E-state index is 0.258. The van der Waals surface area contributed by atoms with E-state index in [-0.39, 0.29) is 4.88 Å². The molecule has 1 N–H and O–H groups in total. The highest BCUT2D eigenvalue weighted by molar-refractivity contribution is 7.17. The van der Waals surface area contributed by atoms with E-state index in [0.29, 0.717) is 17.7 Å². The molecule has 80 valence electrons. The molecule has 2 rings (SSSR count). The number of hydrogen-bond acceptors (Lipinski definition) is 4. The molecule has 0 radical (unpaired) electrons. The summed E-state index contributed by atoms with van der Waals surface area (Å²) in [5.74, 6) is -0.956. The predicted molar refractivity (Wildman–Crippen MR) is 59.9 cm³/mol. The molecule has 0 fully saturated rings. The third-order valence-electron chi connectivity index (χ3n) is 1.96. The Balaban J connectivity index is 2.42. The minimum atomic E-state index is -0.956. The largest absolute Gasteiger partial charge is 0.477 e. The molecular weight excluding hydrogens is 226 g/mol. The zero-order valence-corrected chi connectivity index (χ0v) is 8.90. The van der Waals surface area contributed by atoms with Crippen molar-refractivity contribution in [2.75, 3.05) is 0 Å². The molecule has 0 saturated heterocycles. The summed E-state index contributed by atoms with van der Waals surface area (Å²) in [6.07, 6.45) is 0.662. The molecule has 0 amide bonds. The number of carbonyl (C=O) groups excluding carboxylic acids is 1. The molecule has 0 atom stereocenters. The fourth-order valence-corrected chi connectivity index (χ4v) is 2.06. The monoisotopic (exact) mass is 233 g/mol. The first-order chi connectivity index (χ1) is 7.70. The number of carboxylic acids is 1. The maximum Gasteiger partial charge on any atom is 0.345 e. The first-order valence-electron chi connectivity index (χ1n) is 4.46. The molecule has 0 aliphatic rings. The topological polar surface area (TPSA) is 67.3 Å². The lowest BCUT2D eigenvalue weighted by Crippen LogP contribution is -1.89. The van der Waals surface area contributed by atoms with E-state index in [4.69, 9.17) is 5.11 Å². The smallest absolute Gasteiger partial charge is 0.345 e. The van der Waals surface area contributed by atoms with Crippen LogP contribution in [0, 0.1) is 0 Å². The van der Waals surface area contributed by atoms with Crippen molar-refractivity contribution in [3.05, 3.63) is 40.9 Å². The van der Waals surface area contributed by atoms with Crippen LogP contribution >= 0.6 is 11.3 Å². The van der Waals surface area contributed by atoms with Crippen molar-refractivity contribution in [3.8, 4) is 10.6 Å². The fraction of sp³-hybridized carbons (Fsp3) is 0. The van der Waals surface area contributed by atoms with Crippen molar-refractivity contribution >= 4 is 23.6 Å². The average molecular weight is 233 g/mol. The van der Waals surface area contributed by atoms with Crippen LogP contribution in [0.5, 0.6) is 0 Å². The molecule has 2 aromatic rings. The van der Waals surface area contributed by atoms with Crippen molar-refractivity contribution in [1.82, 2.24) is 4.98 Å². The Morgan fingerprint density at radius 2 is 2.12 bits per heavy atom. The van der Waals surface area contributed by atoms with E-state index >= 15 is 0 Å². The van der Waals surface area contributed by atoms with E-state index < -0.39 is 5.97 Å². The van der Waals surface area contributed by atoms with Crippen LogP contribution in [0.25, 0.3) is 10.6 Å². The van der Waals surface area contributed by atoms with Crippen LogP contribution in [0.4, 0.5) is 0 Å². The molecule has 0 bridgehead atoms. The molecule has 0 aliphatic carbocycles. The molecule has 0 saturated carbocycles. The number of rotatable bonds is 3. The van der Waals surface area contributed by atoms with E-state index in [1.54, 1.807) is 24.3 Å². The minimum Gasteiger partial charge on any atom is -0.477 e. The van der Waals surface area contributed by atoms with Gasteiger partial charge in [0.05, 0.1) is 10.6 Å². The average Bonchev–Trinajstić information content (AvgIpc) is 2.78. The lowest BCUT2D eigenvalue weighted by molar-refractivity contribution is 0.0702. The van der Waals surface area contributed by atoms with Gasteiger partial charge in [-0.3, -0.25) is 4.79 Å². The first kappa shape index (κ1) is 10.5. The number of carboxylic acid groups (broad SMARTS) is 1. The SMILES string of the molecule is O=Cc1cccc(-c2ccc(C(=O)O)s2)n1. The van der Waals surface area contributed by atoms with Gasteiger partial charge in [-0.15, -0.1) is 11.3 Å². The van der Waals surface area contributed by atoms with Gasteiger partial charge >= 0.3 is 5.97 Å². The molecule has 2 aromatic heterocycles. The van der Waals surface area contributed by atoms with Gasteiger partial charge in [-0.1, -0.05) is 6.07 Å². The van der Waals surface area contributed by atoms with Gasteiger partial charge in [0.2, 0.25) is 0 Å². The number of thiophene rings is 1. The second-order valence-electron chi connectivity index (χ2n) is 3.03. The van der Waals surface area contributed by atoms with Gasteiger partial charge in [-0.25, -0.2) is 9.78 Å². The van der Waals surface area contributed by atoms with Crippen molar-refractivity contribution in [3.63, 3.8) is 0 Å². The van der Waals surface area contributed by atoms with Crippen LogP contribution in [0.15, 0.2) is 30.3 Å². The van der Waals surface area contributed by atoms with E-state index in [1.807, 2.05) is 0 Å². The maximum absolute atomic E-state index is 10.7. The van der Waals surface area contributed by atoms with E-state index in [9.17, 15) is 9.59 Å². The number of aromatic carboxylic acids is 1. The van der Waals surface area contributed by atoms with Gasteiger partial charge in [0, 0.05) is 0 Å². The highest BCUT2D eigenvalue weighted by Crippen LogP contribution is 2.26. The Bertz CT molecular complexity index is 548. The van der Waals surface area contributed by atoms with Gasteiger partial charge in [-0.05, 0) is 24.3 Å². The number of nitrogens with zero attached hydrogens (tertiary/aromatic N) is 1. The Hall–Kier alpha value is -2.01. The summed E-state index contributed by atoms with van der Waals surface area (Å²) in [6.45, 7) is 0. The lowest BCUT2D eigenvalue weighted by atomic mass is 10.3. The molecule has 2 heterocycles. The molecule has 4 nitrogen and oxygen atoms in total. The summed E-state index contributed by atoms with van der Waals surface area (Å²) >= 11 is 1.14. The van der Waals surface area contributed by atoms with Crippen molar-refractivity contribution in [1.29, 1.82) is 0 Å². The predicted octanol–water partition coefficient (Wildman–Crippen LogP) is 2.32. The number of aldehydes is 1. The fourth-order valence-electron chi connectivity index (χ4n) is 1.24. The van der Waals surface area contributed by atoms with Crippen LogP contribution in [0.1, 0.15) is 20.2 Å². The summed E-state index contributed by atoms with van der Waals surface area (Å²) in [5.41, 5.74) is 0.949. The zero-order chi connectivity index (χ0) is 11.5. The molecule has 0 aliphatic heterocycles. The van der Waals surface area contributed by atoms with Crippen LogP contribution in [0.2, 0.25) is 0 Å². The summed E-state index contributed by atoms with van der Waals surface area (Å²) in [5, 5.41) is 8.78. The number of hydrogen-bond donors (Lipinski definition) is 1. The molecule has 0 unspecified atom stereocenters. The number of pyridine rings is 1. The Morgan fingerprint density at radius 1 is 1.31 bits per heavy atom. The maximum atomic E-state index is 10.7. The van der Waals surface area contributed by atoms with Crippen molar-refractivity contribution < 1.29 is 14.7 Å². The zero-order valence-electron chi connectivity index (χ0n) is 8.08. The van der Waals surface area contributed by atoms with Gasteiger partial charge in [0.1, 0.15) is 10.6 Å². The van der Waals surface area contributed by atoms with Gasteiger partial charge in [0.15, 0.2) is 6.29 Å². The highest BCUT2D eigenvalue weighted by Gasteiger charge is 2.09. The lowest BCUT2D eigenvalue weighted by Gasteiger charge is -1.96. The van der Waals surface area contributed by atoms with E-state index in [2.05, 4.69) is 4.98 Å². The van der Waals surface area contributed by atoms with E-state index in [0.717, 1.165) is 16.2 Å². The molecule has 0 spiro atoms. The Kier molecular flexibility index (Phi) is 2.78. The molecular formula is C11H7NO3S. The third kappa shape index (κ3) is 1.99. The second kappa shape index (κ2) is 4.24. The first-order valence-corrected chi connectivity index (χ1v) is 5.28. The van der Waals surface area contributed by atoms with Crippen LogP contribution < -0.4 is 0 Å². The summed E-state index contributed by atoms with van der Waals surface area (Å²) in [7, 11) is 0. The molecule has 16 heavy (non-hydrogen) atoms. The number of carbonyl (C=O) groups is 2. The second-order valence-corrected chi connectivity index (χ2v) is 4.12. The van der Waals surface area contributed by atoms with Gasteiger partial charge in [0.25, 0.3) is 0 Å². The van der Waals surface area contributed by atoms with Crippen molar-refractivity contribution in [2.24, 2.45) is 0 Å². The van der Waals surface area contributed by atoms with Crippen LogP contribution in [-0.2, 0) is 0 Å². The van der Waals surface area contributed by atoms with Gasteiger partial charge in [-0.2, -0.15) is 0 Å². The van der Waals surface area contributed by atoms with Crippen LogP contribution in [0.3, 0.4) is 0 Å². The normalized spacial score (nSPS) is 10.0. The van der Waals surface area contributed by atoms with Crippen LogP contribution in [-0.4, -0.2) is 22.3 Å². The quantitative estimate of drug-likeness (QED) is 0.826.